The van der Waals surface area contributed by atoms with Gasteiger partial charge in [0.1, 0.15) is 5.15 Å². The quantitative estimate of drug-likeness (QED) is 0.759. The molecule has 0 atom stereocenters. The fourth-order valence-electron chi connectivity index (χ4n) is 3.94. The number of hydrogen-bond donors (Lipinski definition) is 2. The van der Waals surface area contributed by atoms with Crippen molar-refractivity contribution in [1.82, 2.24) is 9.97 Å². The molecule has 0 spiro atoms. The van der Waals surface area contributed by atoms with Crippen LogP contribution in [0.5, 0.6) is 0 Å². The van der Waals surface area contributed by atoms with Crippen LogP contribution in [0.3, 0.4) is 0 Å². The topological polar surface area (TPSA) is 70.5 Å². The fourth-order valence-corrected chi connectivity index (χ4v) is 4.10. The van der Waals surface area contributed by atoms with Crippen molar-refractivity contribution in [3.8, 4) is 11.3 Å². The molecule has 4 rings (SSSR count). The Labute approximate surface area is 170 Å². The highest BCUT2D eigenvalue weighted by atomic mass is 35.5. The molecule has 2 aliphatic rings. The molecule has 0 bridgehead atoms. The zero-order valence-electron chi connectivity index (χ0n) is 16.2. The van der Waals surface area contributed by atoms with Gasteiger partial charge < -0.3 is 20.1 Å². The summed E-state index contributed by atoms with van der Waals surface area (Å²) in [4.78, 5) is 11.2. The summed E-state index contributed by atoms with van der Waals surface area (Å²) in [5.41, 5.74) is 3.35. The van der Waals surface area contributed by atoms with Gasteiger partial charge in [0.2, 0.25) is 0 Å². The summed E-state index contributed by atoms with van der Waals surface area (Å²) in [5.74, 6) is 0. The van der Waals surface area contributed by atoms with Crippen LogP contribution in [0.4, 0.5) is 11.4 Å². The van der Waals surface area contributed by atoms with E-state index in [1.165, 1.54) is 0 Å². The molecule has 28 heavy (non-hydrogen) atoms. The van der Waals surface area contributed by atoms with E-state index >= 15 is 0 Å². The number of ether oxygens (including phenoxy) is 1. The molecular weight excluding hydrogens is 376 g/mol. The van der Waals surface area contributed by atoms with E-state index in [2.05, 4.69) is 26.3 Å². The lowest BCUT2D eigenvalue weighted by Gasteiger charge is -2.34. The van der Waals surface area contributed by atoms with E-state index in [4.69, 9.17) is 16.3 Å². The molecule has 150 valence electrons. The van der Waals surface area contributed by atoms with Crippen molar-refractivity contribution in [1.29, 1.82) is 0 Å². The number of rotatable bonds is 4. The van der Waals surface area contributed by atoms with Gasteiger partial charge in [-0.3, -0.25) is 4.98 Å². The molecule has 7 heteroatoms. The summed E-state index contributed by atoms with van der Waals surface area (Å²) < 4.78 is 5.46. The molecule has 6 nitrogen and oxygen atoms in total. The van der Waals surface area contributed by atoms with E-state index in [1.54, 1.807) is 6.20 Å². The lowest BCUT2D eigenvalue weighted by Crippen LogP contribution is -2.36. The Morgan fingerprint density at radius 3 is 2.71 bits per heavy atom. The van der Waals surface area contributed by atoms with Gasteiger partial charge in [-0.15, -0.1) is 0 Å². The normalized spacial score (nSPS) is 25.5. The maximum absolute atomic E-state index is 10.2. The first-order valence-electron chi connectivity index (χ1n) is 9.94. The first-order chi connectivity index (χ1) is 13.5. The van der Waals surface area contributed by atoms with E-state index in [1.807, 2.05) is 25.3 Å². The van der Waals surface area contributed by atoms with Crippen LogP contribution in [-0.2, 0) is 4.74 Å². The highest BCUT2D eigenvalue weighted by molar-refractivity contribution is 6.29. The van der Waals surface area contributed by atoms with Gasteiger partial charge in [0, 0.05) is 48.5 Å². The summed E-state index contributed by atoms with van der Waals surface area (Å²) in [7, 11) is 0. The van der Waals surface area contributed by atoms with E-state index in [-0.39, 0.29) is 0 Å². The number of nitrogens with one attached hydrogen (secondary N) is 1. The molecule has 1 aliphatic carbocycles. The van der Waals surface area contributed by atoms with Gasteiger partial charge in [-0.05, 0) is 50.8 Å². The average molecular weight is 403 g/mol. The first-order valence-corrected chi connectivity index (χ1v) is 10.3. The van der Waals surface area contributed by atoms with Crippen LogP contribution in [0.25, 0.3) is 11.3 Å². The van der Waals surface area contributed by atoms with E-state index in [9.17, 15) is 5.11 Å². The average Bonchev–Trinajstić information content (AvgIpc) is 2.70. The number of aromatic nitrogens is 2. The summed E-state index contributed by atoms with van der Waals surface area (Å²) in [6, 6.07) is 6.31. The molecule has 0 aromatic carbocycles. The van der Waals surface area contributed by atoms with E-state index < -0.39 is 5.60 Å². The zero-order valence-corrected chi connectivity index (χ0v) is 17.0. The van der Waals surface area contributed by atoms with Crippen molar-refractivity contribution < 1.29 is 9.84 Å². The Morgan fingerprint density at radius 1 is 1.21 bits per heavy atom. The van der Waals surface area contributed by atoms with E-state index in [0.29, 0.717) is 11.2 Å². The lowest BCUT2D eigenvalue weighted by atomic mass is 9.83. The molecule has 1 aliphatic heterocycles. The minimum atomic E-state index is -0.551. The van der Waals surface area contributed by atoms with Crippen molar-refractivity contribution in [2.75, 3.05) is 36.5 Å². The second kappa shape index (κ2) is 8.23. The minimum Gasteiger partial charge on any atom is -0.390 e. The largest absolute Gasteiger partial charge is 0.390 e. The minimum absolute atomic E-state index is 0.305. The number of aliphatic hydroxyl groups is 1. The lowest BCUT2D eigenvalue weighted by molar-refractivity contribution is 0.0196. The van der Waals surface area contributed by atoms with Crippen LogP contribution in [0.1, 0.15) is 32.6 Å². The summed E-state index contributed by atoms with van der Waals surface area (Å²) in [6.45, 7) is 5.18. The smallest absolute Gasteiger partial charge is 0.131 e. The zero-order chi connectivity index (χ0) is 19.6. The van der Waals surface area contributed by atoms with Gasteiger partial charge in [0.05, 0.1) is 24.5 Å². The third-order valence-electron chi connectivity index (χ3n) is 5.69. The summed E-state index contributed by atoms with van der Waals surface area (Å²) in [5, 5.41) is 14.3. The van der Waals surface area contributed by atoms with Crippen molar-refractivity contribution >= 4 is 23.0 Å². The molecule has 1 saturated carbocycles. The molecule has 0 radical (unpaired) electrons. The summed E-state index contributed by atoms with van der Waals surface area (Å²) >= 11 is 6.19. The molecule has 3 heterocycles. The molecule has 2 aromatic rings. The van der Waals surface area contributed by atoms with Gasteiger partial charge in [0.15, 0.2) is 0 Å². The predicted molar refractivity (Wildman–Crippen MR) is 112 cm³/mol. The van der Waals surface area contributed by atoms with Crippen molar-refractivity contribution in [3.05, 3.63) is 35.7 Å². The first kappa shape index (κ1) is 19.4. The maximum Gasteiger partial charge on any atom is 0.131 e. The molecule has 2 fully saturated rings. The standard InChI is InChI=1S/C21H27ClN4O2/c1-21(27)5-2-15(3-6-21)25-19-13-20(22)24-14-17(19)18-12-16(4-7-23-18)26-8-10-28-11-9-26/h4,7,12-15,27H,2-3,5-6,8-11H2,1H3,(H,24,25). The number of hydrogen-bond acceptors (Lipinski definition) is 6. The molecule has 0 amide bonds. The summed E-state index contributed by atoms with van der Waals surface area (Å²) in [6.07, 6.45) is 7.07. The van der Waals surface area contributed by atoms with Crippen LogP contribution in [0.15, 0.2) is 30.6 Å². The molecule has 0 unspecified atom stereocenters. The Balaban J connectivity index is 1.58. The Kier molecular flexibility index (Phi) is 5.71. The van der Waals surface area contributed by atoms with Gasteiger partial charge in [0.25, 0.3) is 0 Å². The van der Waals surface area contributed by atoms with Gasteiger partial charge in [-0.25, -0.2) is 4.98 Å². The van der Waals surface area contributed by atoms with Gasteiger partial charge in [-0.2, -0.15) is 0 Å². The SMILES string of the molecule is CC1(O)CCC(Nc2cc(Cl)ncc2-c2cc(N3CCOCC3)ccn2)CC1. The third kappa shape index (κ3) is 4.57. The number of morpholine rings is 1. The van der Waals surface area contributed by atoms with Crippen molar-refractivity contribution in [2.24, 2.45) is 0 Å². The Bertz CT molecular complexity index is 814. The van der Waals surface area contributed by atoms with Crippen molar-refractivity contribution in [3.63, 3.8) is 0 Å². The van der Waals surface area contributed by atoms with E-state index in [0.717, 1.165) is 74.6 Å². The van der Waals surface area contributed by atoms with Gasteiger partial charge >= 0.3 is 0 Å². The number of halogens is 1. The number of pyridine rings is 2. The number of anilines is 2. The third-order valence-corrected chi connectivity index (χ3v) is 5.90. The molecular formula is C21H27ClN4O2. The highest BCUT2D eigenvalue weighted by Crippen LogP contribution is 2.34. The second-order valence-electron chi connectivity index (χ2n) is 7.97. The maximum atomic E-state index is 10.2. The molecule has 2 N–H and O–H groups in total. The highest BCUT2D eigenvalue weighted by Gasteiger charge is 2.29. The van der Waals surface area contributed by atoms with Crippen LogP contribution in [-0.4, -0.2) is 53.0 Å². The predicted octanol–water partition coefficient (Wildman–Crippen LogP) is 3.74. The Morgan fingerprint density at radius 2 is 1.96 bits per heavy atom. The second-order valence-corrected chi connectivity index (χ2v) is 8.35. The van der Waals surface area contributed by atoms with Crippen LogP contribution >= 0.6 is 11.6 Å². The van der Waals surface area contributed by atoms with Crippen molar-refractivity contribution in [2.45, 2.75) is 44.2 Å². The monoisotopic (exact) mass is 402 g/mol. The van der Waals surface area contributed by atoms with Crippen LogP contribution in [0.2, 0.25) is 5.15 Å². The fraction of sp³-hybridized carbons (Fsp3) is 0.524. The van der Waals surface area contributed by atoms with Gasteiger partial charge in [-0.1, -0.05) is 11.6 Å². The molecule has 1 saturated heterocycles. The number of nitrogens with zero attached hydrogens (tertiary/aromatic N) is 3. The van der Waals surface area contributed by atoms with Crippen LogP contribution < -0.4 is 10.2 Å². The Hall–Kier alpha value is -1.89. The molecule has 2 aromatic heterocycles. The van der Waals surface area contributed by atoms with Crippen LogP contribution in [0, 0.1) is 0 Å².